The minimum absolute atomic E-state index is 0.124. The van der Waals surface area contributed by atoms with Crippen LogP contribution < -0.4 is 10.0 Å². The van der Waals surface area contributed by atoms with E-state index in [9.17, 15) is 13.2 Å². The molecule has 1 heterocycles. The van der Waals surface area contributed by atoms with Crippen molar-refractivity contribution in [3.8, 4) is 0 Å². The zero-order valence-electron chi connectivity index (χ0n) is 15.5. The molecule has 3 rings (SSSR count). The second kappa shape index (κ2) is 8.86. The lowest BCUT2D eigenvalue weighted by atomic mass is 10.1. The van der Waals surface area contributed by atoms with E-state index < -0.39 is 22.0 Å². The van der Waals surface area contributed by atoms with Gasteiger partial charge in [0.25, 0.3) is 0 Å². The number of hydrogen-bond acceptors (Lipinski definition) is 4. The van der Waals surface area contributed by atoms with E-state index in [0.29, 0.717) is 0 Å². The van der Waals surface area contributed by atoms with E-state index in [0.717, 1.165) is 16.7 Å². The summed E-state index contributed by atoms with van der Waals surface area (Å²) >= 11 is 0. The summed E-state index contributed by atoms with van der Waals surface area (Å²) in [6.07, 6.45) is 3.29. The maximum Gasteiger partial charge on any atom is 0.241 e. The van der Waals surface area contributed by atoms with Gasteiger partial charge in [-0.05, 0) is 37.1 Å². The Balaban J connectivity index is 1.78. The highest BCUT2D eigenvalue weighted by atomic mass is 32.2. The zero-order valence-corrected chi connectivity index (χ0v) is 16.3. The summed E-state index contributed by atoms with van der Waals surface area (Å²) in [6.45, 7) is 2.14. The third-order valence-electron chi connectivity index (χ3n) is 4.27. The molecule has 146 valence electrons. The minimum Gasteiger partial charge on any atom is -0.472 e. The topological polar surface area (TPSA) is 88.4 Å². The molecule has 7 heteroatoms. The lowest BCUT2D eigenvalue weighted by Crippen LogP contribution is -2.47. The summed E-state index contributed by atoms with van der Waals surface area (Å²) in [5.41, 5.74) is 2.61. The lowest BCUT2D eigenvalue weighted by molar-refractivity contribution is -0.122. The van der Waals surface area contributed by atoms with Crippen LogP contribution in [0.4, 0.5) is 0 Å². The highest BCUT2D eigenvalue weighted by molar-refractivity contribution is 7.89. The Kier molecular flexibility index (Phi) is 6.28. The quantitative estimate of drug-likeness (QED) is 0.611. The molecule has 1 atom stereocenters. The Morgan fingerprint density at radius 3 is 2.36 bits per heavy atom. The Bertz CT molecular complexity index is 998. The van der Waals surface area contributed by atoms with E-state index in [2.05, 4.69) is 10.0 Å². The first-order valence-electron chi connectivity index (χ1n) is 8.86. The van der Waals surface area contributed by atoms with Crippen LogP contribution in [0.3, 0.4) is 0 Å². The van der Waals surface area contributed by atoms with Gasteiger partial charge in [0.2, 0.25) is 15.9 Å². The summed E-state index contributed by atoms with van der Waals surface area (Å²) < 4.78 is 33.1. The van der Waals surface area contributed by atoms with Crippen molar-refractivity contribution in [1.29, 1.82) is 0 Å². The number of aryl methyl sites for hydroxylation is 1. The largest absolute Gasteiger partial charge is 0.472 e. The van der Waals surface area contributed by atoms with Gasteiger partial charge in [0.1, 0.15) is 6.04 Å². The Morgan fingerprint density at radius 1 is 1.00 bits per heavy atom. The van der Waals surface area contributed by atoms with Gasteiger partial charge in [-0.1, -0.05) is 48.0 Å². The van der Waals surface area contributed by atoms with E-state index in [-0.39, 0.29) is 17.9 Å². The molecule has 0 aliphatic carbocycles. The third-order valence-corrected chi connectivity index (χ3v) is 5.76. The lowest BCUT2D eigenvalue weighted by Gasteiger charge is -2.19. The molecule has 1 amide bonds. The fraction of sp³-hybridized carbons (Fsp3) is 0.190. The van der Waals surface area contributed by atoms with E-state index in [1.54, 1.807) is 18.2 Å². The molecule has 0 saturated carbocycles. The number of nitrogens with one attached hydrogen (secondary N) is 2. The van der Waals surface area contributed by atoms with Crippen LogP contribution in [-0.2, 0) is 27.8 Å². The molecule has 0 fully saturated rings. The van der Waals surface area contributed by atoms with Crippen LogP contribution in [-0.4, -0.2) is 20.4 Å². The molecule has 0 radical (unpaired) electrons. The fourth-order valence-corrected chi connectivity index (χ4v) is 3.91. The van der Waals surface area contributed by atoms with Gasteiger partial charge in [0.05, 0.1) is 17.4 Å². The van der Waals surface area contributed by atoms with Gasteiger partial charge in [0.15, 0.2) is 0 Å². The van der Waals surface area contributed by atoms with E-state index in [1.165, 1.54) is 24.7 Å². The molecule has 1 aromatic heterocycles. The molecule has 0 aliphatic rings. The zero-order chi connectivity index (χ0) is 20.0. The van der Waals surface area contributed by atoms with Crippen LogP contribution in [0.25, 0.3) is 0 Å². The molecular formula is C21H22N2O4S. The molecule has 0 unspecified atom stereocenters. The van der Waals surface area contributed by atoms with Crippen molar-refractivity contribution >= 4 is 15.9 Å². The number of carbonyl (C=O) groups is 1. The van der Waals surface area contributed by atoms with Crippen molar-refractivity contribution in [3.63, 3.8) is 0 Å². The smallest absolute Gasteiger partial charge is 0.241 e. The van der Waals surface area contributed by atoms with Crippen molar-refractivity contribution in [1.82, 2.24) is 10.0 Å². The molecule has 0 aliphatic heterocycles. The van der Waals surface area contributed by atoms with Gasteiger partial charge in [-0.15, -0.1) is 0 Å². The van der Waals surface area contributed by atoms with Crippen LogP contribution >= 0.6 is 0 Å². The minimum atomic E-state index is -3.84. The number of furan rings is 1. The highest BCUT2D eigenvalue weighted by Crippen LogP contribution is 2.13. The van der Waals surface area contributed by atoms with Gasteiger partial charge >= 0.3 is 0 Å². The first kappa shape index (κ1) is 19.9. The van der Waals surface area contributed by atoms with Crippen LogP contribution in [0.1, 0.15) is 16.7 Å². The number of benzene rings is 2. The standard InChI is InChI=1S/C21H22N2O4S/c1-16-7-9-19(10-8-16)28(25,26)23-20(13-17-5-3-2-4-6-17)21(24)22-14-18-11-12-27-15-18/h2-12,15,20,23H,13-14H2,1H3,(H,22,24)/t20-/m1/s1. The molecule has 0 spiro atoms. The molecule has 2 aromatic carbocycles. The highest BCUT2D eigenvalue weighted by Gasteiger charge is 2.26. The molecule has 3 aromatic rings. The van der Waals surface area contributed by atoms with Gasteiger partial charge < -0.3 is 9.73 Å². The van der Waals surface area contributed by atoms with Crippen LogP contribution in [0, 0.1) is 6.92 Å². The molecule has 2 N–H and O–H groups in total. The Labute approximate surface area is 164 Å². The third kappa shape index (κ3) is 5.31. The first-order valence-corrected chi connectivity index (χ1v) is 10.3. The monoisotopic (exact) mass is 398 g/mol. The maximum atomic E-state index is 12.8. The summed E-state index contributed by atoms with van der Waals surface area (Å²) in [7, 11) is -3.84. The predicted molar refractivity (Wildman–Crippen MR) is 106 cm³/mol. The van der Waals surface area contributed by atoms with Crippen LogP contribution in [0.5, 0.6) is 0 Å². The maximum absolute atomic E-state index is 12.8. The van der Waals surface area contributed by atoms with Gasteiger partial charge in [-0.3, -0.25) is 4.79 Å². The van der Waals surface area contributed by atoms with Crippen molar-refractivity contribution < 1.29 is 17.6 Å². The summed E-state index contributed by atoms with van der Waals surface area (Å²) in [6, 6.07) is 16.6. The Morgan fingerprint density at radius 2 is 1.71 bits per heavy atom. The molecule has 0 bridgehead atoms. The SMILES string of the molecule is Cc1ccc(S(=O)(=O)N[C@H](Cc2ccccc2)C(=O)NCc2ccoc2)cc1. The summed E-state index contributed by atoms with van der Waals surface area (Å²) in [4.78, 5) is 12.9. The fourth-order valence-electron chi connectivity index (χ4n) is 2.72. The van der Waals surface area contributed by atoms with E-state index >= 15 is 0 Å². The number of hydrogen-bond donors (Lipinski definition) is 2. The normalized spacial score (nSPS) is 12.5. The second-order valence-corrected chi connectivity index (χ2v) is 8.24. The first-order chi connectivity index (χ1) is 13.4. The summed E-state index contributed by atoms with van der Waals surface area (Å²) in [5.74, 6) is -0.402. The van der Waals surface area contributed by atoms with Gasteiger partial charge in [0, 0.05) is 12.1 Å². The number of carbonyl (C=O) groups excluding carboxylic acids is 1. The van der Waals surface area contributed by atoms with Crippen molar-refractivity contribution in [2.24, 2.45) is 0 Å². The summed E-state index contributed by atoms with van der Waals surface area (Å²) in [5, 5.41) is 2.76. The second-order valence-electron chi connectivity index (χ2n) is 6.53. The van der Waals surface area contributed by atoms with E-state index in [4.69, 9.17) is 4.42 Å². The van der Waals surface area contributed by atoms with Crippen LogP contribution in [0.15, 0.2) is 82.5 Å². The van der Waals surface area contributed by atoms with E-state index in [1.807, 2.05) is 37.3 Å². The van der Waals surface area contributed by atoms with Crippen LogP contribution in [0.2, 0.25) is 0 Å². The number of rotatable bonds is 8. The number of sulfonamides is 1. The van der Waals surface area contributed by atoms with Gasteiger partial charge in [-0.2, -0.15) is 4.72 Å². The predicted octanol–water partition coefficient (Wildman–Crippen LogP) is 2.79. The average Bonchev–Trinajstić information content (AvgIpc) is 3.20. The molecular weight excluding hydrogens is 376 g/mol. The number of amides is 1. The average molecular weight is 398 g/mol. The molecule has 28 heavy (non-hydrogen) atoms. The van der Waals surface area contributed by atoms with Crippen molar-refractivity contribution in [3.05, 3.63) is 89.9 Å². The van der Waals surface area contributed by atoms with Gasteiger partial charge in [-0.25, -0.2) is 8.42 Å². The molecule has 6 nitrogen and oxygen atoms in total. The Hall–Kier alpha value is -2.90. The molecule has 0 saturated heterocycles. The van der Waals surface area contributed by atoms with Crippen molar-refractivity contribution in [2.75, 3.05) is 0 Å². The van der Waals surface area contributed by atoms with Crippen molar-refractivity contribution in [2.45, 2.75) is 30.8 Å².